The quantitative estimate of drug-likeness (QED) is 0.807. The number of rotatable bonds is 4. The second kappa shape index (κ2) is 5.83. The number of H-pyrrole nitrogens is 1. The third kappa shape index (κ3) is 2.97. The monoisotopic (exact) mass is 286 g/mol. The fourth-order valence-electron chi connectivity index (χ4n) is 2.37. The minimum Gasteiger partial charge on any atom is -0.477 e. The lowest BCUT2D eigenvalue weighted by atomic mass is 10.1. The first-order valence-electron chi connectivity index (χ1n) is 6.76. The van der Waals surface area contributed by atoms with E-state index in [9.17, 15) is 9.59 Å². The average Bonchev–Trinajstić information content (AvgIpc) is 2.74. The first-order valence-corrected chi connectivity index (χ1v) is 6.76. The highest BCUT2D eigenvalue weighted by atomic mass is 16.4. The number of aryl methyl sites for hydroxylation is 2. The zero-order valence-electron chi connectivity index (χ0n) is 12.3. The van der Waals surface area contributed by atoms with Crippen molar-refractivity contribution in [3.63, 3.8) is 0 Å². The Morgan fingerprint density at radius 3 is 2.57 bits per heavy atom. The van der Waals surface area contributed by atoms with Gasteiger partial charge in [0.2, 0.25) is 0 Å². The van der Waals surface area contributed by atoms with E-state index in [0.29, 0.717) is 22.5 Å². The van der Waals surface area contributed by atoms with Crippen LogP contribution in [0.1, 0.15) is 44.6 Å². The van der Waals surface area contributed by atoms with E-state index in [4.69, 9.17) is 5.11 Å². The third-order valence-electron chi connectivity index (χ3n) is 3.47. The molecule has 0 bridgehead atoms. The van der Waals surface area contributed by atoms with Crippen LogP contribution >= 0.6 is 0 Å². The number of carboxylic acid groups (broad SMARTS) is 1. The van der Waals surface area contributed by atoms with Gasteiger partial charge in [0.05, 0.1) is 5.56 Å². The van der Waals surface area contributed by atoms with Crippen LogP contribution in [0.3, 0.4) is 0 Å². The highest BCUT2D eigenvalue weighted by molar-refractivity contribution is 6.08. The van der Waals surface area contributed by atoms with Crippen molar-refractivity contribution in [1.29, 1.82) is 0 Å². The van der Waals surface area contributed by atoms with Gasteiger partial charge in [-0.1, -0.05) is 19.1 Å². The summed E-state index contributed by atoms with van der Waals surface area (Å²) < 4.78 is 0. The van der Waals surface area contributed by atoms with Gasteiger partial charge in [-0.3, -0.25) is 4.79 Å². The fraction of sp³-hybridized carbons (Fsp3) is 0.250. The third-order valence-corrected chi connectivity index (χ3v) is 3.47. The summed E-state index contributed by atoms with van der Waals surface area (Å²) in [7, 11) is 0. The summed E-state index contributed by atoms with van der Waals surface area (Å²) in [6, 6.07) is 7.60. The molecule has 3 N–H and O–H groups in total. The molecular formula is C16H18N2O3. The van der Waals surface area contributed by atoms with E-state index >= 15 is 0 Å². The molecule has 0 atom stereocenters. The number of nitrogens with one attached hydrogen (secondary N) is 2. The van der Waals surface area contributed by atoms with Crippen LogP contribution in [0.15, 0.2) is 24.3 Å². The predicted molar refractivity (Wildman–Crippen MR) is 81.0 cm³/mol. The second-order valence-electron chi connectivity index (χ2n) is 4.94. The molecule has 0 aliphatic heterocycles. The lowest BCUT2D eigenvalue weighted by Crippen LogP contribution is -2.14. The van der Waals surface area contributed by atoms with Gasteiger partial charge in [-0.25, -0.2) is 4.79 Å². The maximum Gasteiger partial charge on any atom is 0.352 e. The molecule has 1 heterocycles. The van der Waals surface area contributed by atoms with Crippen LogP contribution in [0.4, 0.5) is 5.69 Å². The summed E-state index contributed by atoms with van der Waals surface area (Å²) in [6.45, 7) is 5.36. The van der Waals surface area contributed by atoms with Crippen LogP contribution in [0, 0.1) is 13.8 Å². The lowest BCUT2D eigenvalue weighted by Gasteiger charge is -2.07. The topological polar surface area (TPSA) is 82.2 Å². The maximum absolute atomic E-state index is 12.4. The summed E-state index contributed by atoms with van der Waals surface area (Å²) in [6.07, 6.45) is 0.884. The van der Waals surface area contributed by atoms with Crippen molar-refractivity contribution in [2.45, 2.75) is 27.2 Å². The highest BCUT2D eigenvalue weighted by Gasteiger charge is 2.21. The van der Waals surface area contributed by atoms with Crippen molar-refractivity contribution in [1.82, 2.24) is 4.98 Å². The van der Waals surface area contributed by atoms with Crippen LogP contribution in [0.2, 0.25) is 0 Å². The Bertz CT molecular complexity index is 702. The molecule has 0 saturated heterocycles. The van der Waals surface area contributed by atoms with Crippen molar-refractivity contribution in [3.05, 3.63) is 52.3 Å². The van der Waals surface area contributed by atoms with Crippen molar-refractivity contribution in [3.8, 4) is 0 Å². The smallest absolute Gasteiger partial charge is 0.352 e. The summed E-state index contributed by atoms with van der Waals surface area (Å²) in [5.74, 6) is -1.37. The molecule has 1 aromatic heterocycles. The molecule has 5 nitrogen and oxygen atoms in total. The Labute approximate surface area is 123 Å². The molecule has 2 rings (SSSR count). The number of amides is 1. The van der Waals surface area contributed by atoms with Crippen LogP contribution in [0.5, 0.6) is 0 Å². The summed E-state index contributed by atoms with van der Waals surface area (Å²) in [5, 5.41) is 11.9. The molecule has 21 heavy (non-hydrogen) atoms. The first-order chi connectivity index (χ1) is 9.93. The predicted octanol–water partition coefficient (Wildman–Crippen LogP) is 3.14. The van der Waals surface area contributed by atoms with Crippen LogP contribution < -0.4 is 5.32 Å². The number of carbonyl (C=O) groups is 2. The van der Waals surface area contributed by atoms with Gasteiger partial charge in [-0.15, -0.1) is 0 Å². The summed E-state index contributed by atoms with van der Waals surface area (Å²) >= 11 is 0. The van der Waals surface area contributed by atoms with E-state index in [1.807, 2.05) is 31.2 Å². The molecular weight excluding hydrogens is 268 g/mol. The van der Waals surface area contributed by atoms with E-state index in [2.05, 4.69) is 10.3 Å². The SMILES string of the molecule is CCc1cccc(NC(=O)c2c(C)[nH]c(C(=O)O)c2C)c1. The molecule has 110 valence electrons. The van der Waals surface area contributed by atoms with Gasteiger partial charge >= 0.3 is 5.97 Å². The van der Waals surface area contributed by atoms with Crippen LogP contribution in [-0.4, -0.2) is 22.0 Å². The number of hydrogen-bond acceptors (Lipinski definition) is 2. The van der Waals surface area contributed by atoms with Gasteiger partial charge < -0.3 is 15.4 Å². The largest absolute Gasteiger partial charge is 0.477 e. The molecule has 2 aromatic rings. The number of anilines is 1. The molecule has 0 unspecified atom stereocenters. The van der Waals surface area contributed by atoms with Gasteiger partial charge in [0.1, 0.15) is 5.69 Å². The number of aromatic nitrogens is 1. The van der Waals surface area contributed by atoms with Crippen molar-refractivity contribution in [2.24, 2.45) is 0 Å². The molecule has 0 radical (unpaired) electrons. The number of aromatic amines is 1. The average molecular weight is 286 g/mol. The molecule has 0 aliphatic carbocycles. The molecule has 0 spiro atoms. The van der Waals surface area contributed by atoms with Gasteiger partial charge in [0.25, 0.3) is 5.91 Å². The maximum atomic E-state index is 12.4. The van der Waals surface area contributed by atoms with Gasteiger partial charge in [0, 0.05) is 11.4 Å². The van der Waals surface area contributed by atoms with E-state index in [1.54, 1.807) is 13.8 Å². The highest BCUT2D eigenvalue weighted by Crippen LogP contribution is 2.20. The summed E-state index contributed by atoms with van der Waals surface area (Å²) in [4.78, 5) is 26.2. The molecule has 1 aromatic carbocycles. The van der Waals surface area contributed by atoms with Crippen molar-refractivity contribution in [2.75, 3.05) is 5.32 Å². The van der Waals surface area contributed by atoms with Crippen LogP contribution in [0.25, 0.3) is 0 Å². The standard InChI is InChI=1S/C16H18N2O3/c1-4-11-6-5-7-12(8-11)18-15(19)13-9(2)14(16(20)21)17-10(13)3/h5-8,17H,4H2,1-3H3,(H,18,19)(H,20,21). The summed E-state index contributed by atoms with van der Waals surface area (Å²) in [5.41, 5.74) is 3.27. The van der Waals surface area contributed by atoms with E-state index in [0.717, 1.165) is 12.0 Å². The van der Waals surface area contributed by atoms with Gasteiger partial charge in [-0.05, 0) is 43.5 Å². The number of hydrogen-bond donors (Lipinski definition) is 3. The van der Waals surface area contributed by atoms with E-state index in [1.165, 1.54) is 0 Å². The number of carbonyl (C=O) groups excluding carboxylic acids is 1. The molecule has 5 heteroatoms. The Kier molecular flexibility index (Phi) is 4.12. The zero-order valence-corrected chi connectivity index (χ0v) is 12.3. The van der Waals surface area contributed by atoms with Crippen LogP contribution in [-0.2, 0) is 6.42 Å². The fourth-order valence-corrected chi connectivity index (χ4v) is 2.37. The van der Waals surface area contributed by atoms with Crippen molar-refractivity contribution < 1.29 is 14.7 Å². The van der Waals surface area contributed by atoms with E-state index < -0.39 is 5.97 Å². The normalized spacial score (nSPS) is 10.4. The Morgan fingerprint density at radius 1 is 1.29 bits per heavy atom. The van der Waals surface area contributed by atoms with Gasteiger partial charge in [0.15, 0.2) is 0 Å². The van der Waals surface area contributed by atoms with Crippen molar-refractivity contribution >= 4 is 17.6 Å². The molecule has 0 fully saturated rings. The number of aromatic carboxylic acids is 1. The Balaban J connectivity index is 2.30. The zero-order chi connectivity index (χ0) is 15.6. The minimum atomic E-state index is -1.07. The second-order valence-corrected chi connectivity index (χ2v) is 4.94. The number of carboxylic acids is 1. The first kappa shape index (κ1) is 14.8. The van der Waals surface area contributed by atoms with Gasteiger partial charge in [-0.2, -0.15) is 0 Å². The lowest BCUT2D eigenvalue weighted by molar-refractivity contribution is 0.0690. The molecule has 0 aliphatic rings. The minimum absolute atomic E-state index is 0.0555. The Hall–Kier alpha value is -2.56. The number of benzene rings is 1. The molecule has 1 amide bonds. The van der Waals surface area contributed by atoms with E-state index in [-0.39, 0.29) is 11.6 Å². The Morgan fingerprint density at radius 2 is 2.00 bits per heavy atom. The molecule has 0 saturated carbocycles.